The van der Waals surface area contributed by atoms with Gasteiger partial charge in [-0.05, 0) is 19.4 Å². The molecular weight excluding hydrogens is 284 g/mol. The Balaban J connectivity index is 2.26. The van der Waals surface area contributed by atoms with Gasteiger partial charge in [-0.1, -0.05) is 25.1 Å². The molecule has 2 rings (SSSR count). The van der Waals surface area contributed by atoms with Crippen molar-refractivity contribution in [1.29, 1.82) is 0 Å². The van der Waals surface area contributed by atoms with E-state index in [2.05, 4.69) is 0 Å². The molecule has 0 fully saturated rings. The van der Waals surface area contributed by atoms with E-state index in [4.69, 9.17) is 13.9 Å². The molecule has 0 bridgehead atoms. The number of carbonyl (C=O) groups excluding carboxylic acids is 2. The molecule has 5 nitrogen and oxygen atoms in total. The van der Waals surface area contributed by atoms with Crippen LogP contribution in [0, 0.1) is 0 Å². The first kappa shape index (κ1) is 16.1. The first-order valence-electron chi connectivity index (χ1n) is 7.46. The van der Waals surface area contributed by atoms with Crippen LogP contribution in [0.2, 0.25) is 0 Å². The second-order valence-electron chi connectivity index (χ2n) is 4.92. The molecule has 1 aromatic carbocycles. The first-order chi connectivity index (χ1) is 10.7. The molecule has 0 radical (unpaired) electrons. The van der Waals surface area contributed by atoms with Gasteiger partial charge < -0.3 is 13.9 Å². The summed E-state index contributed by atoms with van der Waals surface area (Å²) in [6, 6.07) is 7.43. The van der Waals surface area contributed by atoms with Crippen molar-refractivity contribution in [3.63, 3.8) is 0 Å². The number of rotatable bonds is 7. The molecule has 0 aliphatic rings. The Kier molecular flexibility index (Phi) is 5.58. The minimum Gasteiger partial charge on any atom is -0.466 e. The summed E-state index contributed by atoms with van der Waals surface area (Å²) in [6.45, 7) is 3.93. The van der Waals surface area contributed by atoms with Gasteiger partial charge in [-0.15, -0.1) is 0 Å². The number of para-hydroxylation sites is 1. The molecule has 22 heavy (non-hydrogen) atoms. The molecule has 1 aromatic heterocycles. The number of hydrogen-bond acceptors (Lipinski definition) is 5. The molecule has 5 heteroatoms. The molecule has 0 spiro atoms. The Hall–Kier alpha value is -2.30. The van der Waals surface area contributed by atoms with E-state index >= 15 is 0 Å². The van der Waals surface area contributed by atoms with E-state index in [1.165, 1.54) is 6.26 Å². The second-order valence-corrected chi connectivity index (χ2v) is 4.92. The quantitative estimate of drug-likeness (QED) is 0.728. The predicted octanol–water partition coefficient (Wildman–Crippen LogP) is 3.77. The van der Waals surface area contributed by atoms with Gasteiger partial charge in [0, 0.05) is 17.4 Å². The number of furan rings is 1. The van der Waals surface area contributed by atoms with Crippen molar-refractivity contribution in [3.05, 3.63) is 36.1 Å². The summed E-state index contributed by atoms with van der Waals surface area (Å²) in [7, 11) is 0. The number of ether oxygens (including phenoxy) is 2. The lowest BCUT2D eigenvalue weighted by molar-refractivity contribution is -0.155. The van der Waals surface area contributed by atoms with E-state index < -0.39 is 12.1 Å². The van der Waals surface area contributed by atoms with Crippen LogP contribution in [0.3, 0.4) is 0 Å². The maximum absolute atomic E-state index is 11.8. The van der Waals surface area contributed by atoms with Gasteiger partial charge in [-0.3, -0.25) is 9.59 Å². The molecule has 0 aliphatic carbocycles. The molecule has 0 aliphatic heterocycles. The highest BCUT2D eigenvalue weighted by Gasteiger charge is 2.24. The maximum atomic E-state index is 11.8. The fourth-order valence-corrected chi connectivity index (χ4v) is 2.26. The minimum absolute atomic E-state index is 0.0210. The van der Waals surface area contributed by atoms with Gasteiger partial charge in [-0.25, -0.2) is 0 Å². The zero-order chi connectivity index (χ0) is 15.9. The zero-order valence-corrected chi connectivity index (χ0v) is 12.8. The van der Waals surface area contributed by atoms with Gasteiger partial charge in [0.2, 0.25) is 0 Å². The van der Waals surface area contributed by atoms with E-state index in [9.17, 15) is 9.59 Å². The van der Waals surface area contributed by atoms with E-state index in [-0.39, 0.29) is 12.4 Å². The van der Waals surface area contributed by atoms with E-state index in [1.54, 1.807) is 6.92 Å². The average molecular weight is 304 g/mol. The van der Waals surface area contributed by atoms with Gasteiger partial charge >= 0.3 is 11.9 Å². The number of benzene rings is 1. The Morgan fingerprint density at radius 1 is 1.18 bits per heavy atom. The lowest BCUT2D eigenvalue weighted by atomic mass is 10.1. The van der Waals surface area contributed by atoms with Crippen molar-refractivity contribution >= 4 is 22.9 Å². The third kappa shape index (κ3) is 3.87. The predicted molar refractivity (Wildman–Crippen MR) is 81.2 cm³/mol. The third-order valence-electron chi connectivity index (χ3n) is 3.24. The van der Waals surface area contributed by atoms with Gasteiger partial charge in [0.15, 0.2) is 0 Å². The topological polar surface area (TPSA) is 65.7 Å². The lowest BCUT2D eigenvalue weighted by Crippen LogP contribution is -2.16. The van der Waals surface area contributed by atoms with Gasteiger partial charge in [-0.2, -0.15) is 0 Å². The van der Waals surface area contributed by atoms with Crippen LogP contribution >= 0.6 is 0 Å². The summed E-state index contributed by atoms with van der Waals surface area (Å²) in [5, 5.41) is 0.834. The second kappa shape index (κ2) is 7.64. The Bertz CT molecular complexity index is 623. The number of hydrogen-bond donors (Lipinski definition) is 0. The molecule has 0 N–H and O–H groups in total. The van der Waals surface area contributed by atoms with E-state index in [0.717, 1.165) is 5.39 Å². The number of carbonyl (C=O) groups is 2. The van der Waals surface area contributed by atoms with Gasteiger partial charge in [0.25, 0.3) is 0 Å². The molecule has 0 amide bonds. The Morgan fingerprint density at radius 2 is 1.95 bits per heavy atom. The molecule has 0 saturated carbocycles. The van der Waals surface area contributed by atoms with Crippen molar-refractivity contribution in [1.82, 2.24) is 0 Å². The monoisotopic (exact) mass is 304 g/mol. The van der Waals surface area contributed by atoms with Crippen molar-refractivity contribution in [3.8, 4) is 0 Å². The summed E-state index contributed by atoms with van der Waals surface area (Å²) < 4.78 is 15.9. The zero-order valence-electron chi connectivity index (χ0n) is 12.8. The Morgan fingerprint density at radius 3 is 2.68 bits per heavy atom. The van der Waals surface area contributed by atoms with Crippen LogP contribution in [0.4, 0.5) is 0 Å². The average Bonchev–Trinajstić information content (AvgIpc) is 2.91. The first-order valence-corrected chi connectivity index (χ1v) is 7.46. The van der Waals surface area contributed by atoms with Crippen molar-refractivity contribution < 1.29 is 23.5 Å². The molecular formula is C17H20O5. The highest BCUT2D eigenvalue weighted by Crippen LogP contribution is 2.31. The van der Waals surface area contributed by atoms with Crippen LogP contribution in [0.25, 0.3) is 11.0 Å². The fourth-order valence-electron chi connectivity index (χ4n) is 2.26. The van der Waals surface area contributed by atoms with Crippen LogP contribution in [0.15, 0.2) is 34.9 Å². The highest BCUT2D eigenvalue weighted by atomic mass is 16.6. The molecule has 1 atom stereocenters. The largest absolute Gasteiger partial charge is 0.466 e. The number of fused-ring (bicyclic) bond motifs is 1. The smallest absolute Gasteiger partial charge is 0.309 e. The number of esters is 2. The molecule has 0 saturated heterocycles. The van der Waals surface area contributed by atoms with Crippen LogP contribution in [0.5, 0.6) is 0 Å². The lowest BCUT2D eigenvalue weighted by Gasteiger charge is -2.16. The normalized spacial score (nSPS) is 12.1. The molecule has 1 heterocycles. The van der Waals surface area contributed by atoms with Gasteiger partial charge in [0.05, 0.1) is 19.3 Å². The molecule has 118 valence electrons. The van der Waals surface area contributed by atoms with E-state index in [0.29, 0.717) is 30.6 Å². The van der Waals surface area contributed by atoms with Crippen LogP contribution in [-0.4, -0.2) is 18.5 Å². The minimum atomic E-state index is -0.693. The summed E-state index contributed by atoms with van der Waals surface area (Å²) in [4.78, 5) is 23.6. The summed E-state index contributed by atoms with van der Waals surface area (Å²) in [5.41, 5.74) is 1.38. The van der Waals surface area contributed by atoms with Crippen molar-refractivity contribution in [2.45, 2.75) is 39.2 Å². The highest BCUT2D eigenvalue weighted by molar-refractivity contribution is 5.83. The SMILES string of the molecule is CCCC(=O)O[C@H](CC(=O)OCC)c1coc2ccccc12. The molecule has 0 unspecified atom stereocenters. The molecule has 2 aromatic rings. The summed E-state index contributed by atoms with van der Waals surface area (Å²) in [5.74, 6) is -0.732. The Labute approximate surface area is 129 Å². The maximum Gasteiger partial charge on any atom is 0.309 e. The van der Waals surface area contributed by atoms with Gasteiger partial charge in [0.1, 0.15) is 11.7 Å². The van der Waals surface area contributed by atoms with Crippen LogP contribution < -0.4 is 0 Å². The van der Waals surface area contributed by atoms with Crippen molar-refractivity contribution in [2.24, 2.45) is 0 Å². The summed E-state index contributed by atoms with van der Waals surface area (Å²) >= 11 is 0. The van der Waals surface area contributed by atoms with Crippen LogP contribution in [0.1, 0.15) is 44.8 Å². The summed E-state index contributed by atoms with van der Waals surface area (Å²) in [6.07, 6.45) is 1.83. The van der Waals surface area contributed by atoms with Crippen molar-refractivity contribution in [2.75, 3.05) is 6.61 Å². The third-order valence-corrected chi connectivity index (χ3v) is 3.24. The fraction of sp³-hybridized carbons (Fsp3) is 0.412. The van der Waals surface area contributed by atoms with E-state index in [1.807, 2.05) is 31.2 Å². The standard InChI is InChI=1S/C17H20O5/c1-3-7-16(18)22-15(10-17(19)20-4-2)13-11-21-14-9-6-5-8-12(13)14/h5-6,8-9,11,15H,3-4,7,10H2,1-2H3/t15-/m1/s1. The van der Waals surface area contributed by atoms with Crippen LogP contribution in [-0.2, 0) is 19.1 Å².